The van der Waals surface area contributed by atoms with Crippen molar-refractivity contribution in [2.45, 2.75) is 57.2 Å². The molecule has 0 atom stereocenters. The second kappa shape index (κ2) is 15.1. The van der Waals surface area contributed by atoms with Gasteiger partial charge in [-0.2, -0.15) is 5.26 Å². The van der Waals surface area contributed by atoms with E-state index in [0.717, 1.165) is 15.7 Å². The van der Waals surface area contributed by atoms with Crippen molar-refractivity contribution in [3.8, 4) is 39.7 Å². The van der Waals surface area contributed by atoms with Crippen LogP contribution in [0.3, 0.4) is 0 Å². The summed E-state index contributed by atoms with van der Waals surface area (Å²) in [5, 5.41) is 10.6. The summed E-state index contributed by atoms with van der Waals surface area (Å²) in [5.41, 5.74) is 4.15. The monoisotopic (exact) mass is 920 g/mol. The summed E-state index contributed by atoms with van der Waals surface area (Å²) in [6.45, 7) is 1.22. The van der Waals surface area contributed by atoms with Crippen LogP contribution in [0.4, 0.5) is 4.39 Å². The average molecular weight is 919 g/mol. The minimum atomic E-state index is -2.64. The van der Waals surface area contributed by atoms with Crippen molar-refractivity contribution >= 4 is 39.6 Å². The van der Waals surface area contributed by atoms with Crippen LogP contribution in [0.15, 0.2) is 102 Å². The van der Waals surface area contributed by atoms with E-state index in [-0.39, 0.29) is 82.5 Å². The van der Waals surface area contributed by atoms with Crippen LogP contribution in [-0.4, -0.2) is 23.2 Å². The summed E-state index contributed by atoms with van der Waals surface area (Å²) >= 11 is -2.57. The summed E-state index contributed by atoms with van der Waals surface area (Å²) in [4.78, 5) is 8.71. The molecule has 0 unspecified atom stereocenters. The molecular formula is C44H40FGeIrN3O-2. The molecule has 0 saturated heterocycles. The van der Waals surface area contributed by atoms with Gasteiger partial charge in [0.1, 0.15) is 0 Å². The number of rotatable bonds is 4. The van der Waals surface area contributed by atoms with Crippen molar-refractivity contribution in [1.29, 1.82) is 5.26 Å². The molecule has 7 heteroatoms. The van der Waals surface area contributed by atoms with E-state index in [2.05, 4.69) is 60.1 Å². The van der Waals surface area contributed by atoms with Gasteiger partial charge in [-0.15, -0.1) is 29.8 Å². The Hall–Kier alpha value is -4.41. The molecular weight excluding hydrogens is 870 g/mol. The fraction of sp³-hybridized carbons (Fsp3) is 0.205. The Balaban J connectivity index is 0.000000307. The summed E-state index contributed by atoms with van der Waals surface area (Å²) in [7, 11) is 0. The summed E-state index contributed by atoms with van der Waals surface area (Å²) < 4.78 is 86.3. The van der Waals surface area contributed by atoms with Gasteiger partial charge in [0.25, 0.3) is 0 Å². The number of hydrogen-bond donors (Lipinski definition) is 0. The number of aromatic nitrogens is 2. The van der Waals surface area contributed by atoms with Crippen LogP contribution in [0.5, 0.6) is 0 Å². The molecule has 0 aliphatic rings. The number of hydrogen-bond acceptors (Lipinski definition) is 4. The first-order valence-corrected chi connectivity index (χ1v) is 23.4. The van der Waals surface area contributed by atoms with Gasteiger partial charge in [0.2, 0.25) is 0 Å². The predicted octanol–water partition coefficient (Wildman–Crippen LogP) is 11.1. The van der Waals surface area contributed by atoms with Gasteiger partial charge >= 0.3 is 184 Å². The normalized spacial score (nSPS) is 14.2. The standard InChI is InChI=1S/C29H25GeN2O.C15H15FN.Ir/c1-18-13-21(30(3,4)5)10-12-22(18)26-15-27(32-17-19(26)2)25-8-6-7-24-23-11-9-20(16-31)14-28(23)33-29(24)25;1-15(2,3)12-8-9-17-14(10-12)11-4-6-13(16)7-5-11;/h6-7,9-15,17H,1-5H3;4,6-10H,1-3H3;/q2*-1;/i1D3,2D3,12D,14D;;. The van der Waals surface area contributed by atoms with Gasteiger partial charge in [0.15, 0.2) is 0 Å². The third kappa shape index (κ3) is 8.23. The Bertz CT molecular complexity index is 2730. The van der Waals surface area contributed by atoms with Gasteiger partial charge in [-0.25, -0.2) is 0 Å². The van der Waals surface area contributed by atoms with E-state index in [0.29, 0.717) is 21.9 Å². The number of pyridine rings is 2. The molecule has 0 bridgehead atoms. The van der Waals surface area contributed by atoms with Crippen molar-refractivity contribution in [2.75, 3.05) is 0 Å². The van der Waals surface area contributed by atoms with E-state index in [9.17, 15) is 9.65 Å². The van der Waals surface area contributed by atoms with Crippen LogP contribution >= 0.6 is 0 Å². The first kappa shape index (κ1) is 28.2. The topological polar surface area (TPSA) is 62.7 Å². The molecule has 0 saturated carbocycles. The minimum Gasteiger partial charge on any atom is 0 e. The van der Waals surface area contributed by atoms with E-state index >= 15 is 0 Å². The molecule has 4 aromatic carbocycles. The summed E-state index contributed by atoms with van der Waals surface area (Å²) in [5.74, 6) is 6.02. The zero-order valence-electron chi connectivity index (χ0n) is 37.0. The smallest absolute Gasteiger partial charge is 0 e. The number of nitriles is 1. The van der Waals surface area contributed by atoms with Gasteiger partial charge in [-0.1, -0.05) is 26.8 Å². The van der Waals surface area contributed by atoms with Gasteiger partial charge < -0.3 is 4.98 Å². The number of benzene rings is 4. The minimum absolute atomic E-state index is 0. The van der Waals surface area contributed by atoms with Crippen LogP contribution in [0.1, 0.15) is 54.0 Å². The number of aryl methyl sites for hydroxylation is 2. The second-order valence-electron chi connectivity index (χ2n) is 14.1. The van der Waals surface area contributed by atoms with Crippen molar-refractivity contribution in [3.63, 3.8) is 0 Å². The zero-order valence-corrected chi connectivity index (χ0v) is 33.5. The molecule has 3 heterocycles. The number of furan rings is 1. The Labute approximate surface area is 327 Å². The molecule has 51 heavy (non-hydrogen) atoms. The molecule has 3 aromatic heterocycles. The molecule has 259 valence electrons. The second-order valence-corrected chi connectivity index (χ2v) is 24.7. The van der Waals surface area contributed by atoms with Crippen LogP contribution in [0.25, 0.3) is 55.6 Å². The molecule has 4 nitrogen and oxygen atoms in total. The number of halogens is 1. The van der Waals surface area contributed by atoms with Crippen molar-refractivity contribution in [2.24, 2.45) is 0 Å². The van der Waals surface area contributed by atoms with Gasteiger partial charge in [0.05, 0.1) is 13.0 Å². The van der Waals surface area contributed by atoms with E-state index in [4.69, 9.17) is 15.4 Å². The maximum absolute atomic E-state index is 12.8. The first-order valence-electron chi connectivity index (χ1n) is 20.1. The molecule has 0 aliphatic carbocycles. The van der Waals surface area contributed by atoms with Gasteiger partial charge in [-0.05, 0) is 28.8 Å². The Morgan fingerprint density at radius 3 is 2.39 bits per heavy atom. The molecule has 7 aromatic rings. The van der Waals surface area contributed by atoms with Gasteiger partial charge in [0, 0.05) is 32.1 Å². The van der Waals surface area contributed by atoms with Crippen molar-refractivity contribution < 1.29 is 39.9 Å². The van der Waals surface area contributed by atoms with Crippen LogP contribution in [0.2, 0.25) is 17.3 Å². The number of fused-ring (bicyclic) bond motifs is 3. The molecule has 0 fully saturated rings. The third-order valence-electron chi connectivity index (χ3n) is 8.39. The van der Waals surface area contributed by atoms with Crippen molar-refractivity contribution in [3.05, 3.63) is 137 Å². The molecule has 0 amide bonds. The molecule has 7 rings (SSSR count). The Morgan fingerprint density at radius 1 is 0.902 bits per heavy atom. The number of nitrogens with zero attached hydrogens (tertiary/aromatic N) is 3. The maximum Gasteiger partial charge on any atom is 0 e. The van der Waals surface area contributed by atoms with E-state index in [1.54, 1.807) is 48.7 Å². The van der Waals surface area contributed by atoms with Crippen LogP contribution in [0, 0.1) is 43.0 Å². The van der Waals surface area contributed by atoms with Crippen molar-refractivity contribution in [1.82, 2.24) is 9.97 Å². The largest absolute Gasteiger partial charge is 0 e. The van der Waals surface area contributed by atoms with E-state index in [1.165, 1.54) is 30.0 Å². The average Bonchev–Trinajstić information content (AvgIpc) is 3.53. The summed E-state index contributed by atoms with van der Waals surface area (Å²) in [6, 6.07) is 27.8. The van der Waals surface area contributed by atoms with E-state index in [1.807, 2.05) is 18.2 Å². The molecule has 0 aliphatic heterocycles. The molecule has 0 spiro atoms. The summed E-state index contributed by atoms with van der Waals surface area (Å²) in [6.07, 6.45) is 2.97. The maximum atomic E-state index is 12.8. The van der Waals surface area contributed by atoms with E-state index < -0.39 is 27.0 Å². The van der Waals surface area contributed by atoms with Crippen LogP contribution < -0.4 is 4.40 Å². The Morgan fingerprint density at radius 2 is 1.71 bits per heavy atom. The quantitative estimate of drug-likeness (QED) is 0.130. The molecule has 0 N–H and O–H groups in total. The zero-order chi connectivity index (χ0) is 42.5. The fourth-order valence-electron chi connectivity index (χ4n) is 5.49. The SMILES string of the molecule is CC(C)(C)c1ccnc(-c2[c-]cc(F)cc2)c1.[2H]c1c[c]([Ge]([CH3])([CH3])[CH3])cc(C([2H])([2H])[2H])c1-c1cc(-c2[c-]ccc3c2oc2c([2H])c(C#N)ccc23)ncc1C([2H])([2H])[2H].[Ir]. The molecule has 1 radical (unpaired) electrons. The van der Waals surface area contributed by atoms with Gasteiger partial charge in [-0.3, -0.25) is 4.39 Å². The van der Waals surface area contributed by atoms with Crippen LogP contribution in [-0.2, 0) is 25.5 Å². The first-order chi connectivity index (χ1) is 27.0. The Kier molecular flexibility index (Phi) is 8.33. The predicted molar refractivity (Wildman–Crippen MR) is 206 cm³/mol. The third-order valence-corrected chi connectivity index (χ3v) is 12.6. The fourth-order valence-corrected chi connectivity index (χ4v) is 7.76.